The predicted octanol–water partition coefficient (Wildman–Crippen LogP) is 2.39. The number of aliphatic hydroxyl groups excluding tert-OH is 1. The van der Waals surface area contributed by atoms with Gasteiger partial charge in [0, 0.05) is 18.8 Å². The lowest BCUT2D eigenvalue weighted by Crippen LogP contribution is -2.00. The van der Waals surface area contributed by atoms with Crippen LogP contribution in [-0.2, 0) is 0 Å². The number of nitrogens with zero attached hydrogens (tertiary/aromatic N) is 1. The van der Waals surface area contributed by atoms with Crippen LogP contribution in [0.25, 0.3) is 0 Å². The molecule has 0 saturated heterocycles. The third-order valence-electron chi connectivity index (χ3n) is 2.38. The smallest absolute Gasteiger partial charge is 0.102 e. The first-order valence-electron chi connectivity index (χ1n) is 4.72. The van der Waals surface area contributed by atoms with E-state index in [1.807, 2.05) is 37.4 Å². The van der Waals surface area contributed by atoms with Gasteiger partial charge < -0.3 is 5.11 Å². The van der Waals surface area contributed by atoms with Gasteiger partial charge in [0.1, 0.15) is 6.10 Å². The summed E-state index contributed by atoms with van der Waals surface area (Å²) in [4.78, 5) is 3.99. The molecule has 2 heteroatoms. The van der Waals surface area contributed by atoms with Crippen LogP contribution >= 0.6 is 0 Å². The first-order valence-corrected chi connectivity index (χ1v) is 4.72. The zero-order valence-electron chi connectivity index (χ0n) is 8.14. The van der Waals surface area contributed by atoms with Gasteiger partial charge in [-0.25, -0.2) is 0 Å². The van der Waals surface area contributed by atoms with Crippen molar-refractivity contribution in [1.82, 2.24) is 0 Å². The van der Waals surface area contributed by atoms with Gasteiger partial charge in [-0.3, -0.25) is 4.99 Å². The normalized spacial score (nSPS) is 16.9. The molecule has 72 valence electrons. The highest BCUT2D eigenvalue weighted by Crippen LogP contribution is 2.25. The lowest BCUT2D eigenvalue weighted by molar-refractivity contribution is 0.214. The molecule has 1 unspecified atom stereocenters. The SMILES string of the molecule is Cc1cccc(C(O)C2=CN=CC2)c1. The maximum Gasteiger partial charge on any atom is 0.102 e. The number of aliphatic hydroxyl groups is 1. The van der Waals surface area contributed by atoms with E-state index in [1.165, 1.54) is 5.56 Å². The molecule has 1 atom stereocenters. The van der Waals surface area contributed by atoms with Crippen LogP contribution in [0.15, 0.2) is 41.0 Å². The van der Waals surface area contributed by atoms with Crippen molar-refractivity contribution in [3.63, 3.8) is 0 Å². The molecule has 1 aliphatic heterocycles. The zero-order chi connectivity index (χ0) is 9.97. The molecule has 2 rings (SSSR count). The molecule has 0 aliphatic carbocycles. The number of benzene rings is 1. The van der Waals surface area contributed by atoms with Gasteiger partial charge in [-0.05, 0) is 18.1 Å². The highest BCUT2D eigenvalue weighted by molar-refractivity contribution is 5.66. The van der Waals surface area contributed by atoms with Crippen molar-refractivity contribution >= 4 is 6.21 Å². The Balaban J connectivity index is 2.22. The molecule has 1 aromatic rings. The average Bonchev–Trinajstić information content (AvgIpc) is 2.69. The molecule has 0 aromatic heterocycles. The van der Waals surface area contributed by atoms with E-state index >= 15 is 0 Å². The van der Waals surface area contributed by atoms with Gasteiger partial charge in [-0.15, -0.1) is 0 Å². The van der Waals surface area contributed by atoms with Crippen LogP contribution in [0.5, 0.6) is 0 Å². The predicted molar refractivity (Wildman–Crippen MR) is 57.3 cm³/mol. The van der Waals surface area contributed by atoms with E-state index in [4.69, 9.17) is 0 Å². The topological polar surface area (TPSA) is 32.6 Å². The molecule has 0 amide bonds. The molecule has 14 heavy (non-hydrogen) atoms. The molecule has 0 spiro atoms. The molecular weight excluding hydrogens is 174 g/mol. The van der Waals surface area contributed by atoms with Gasteiger partial charge in [0.15, 0.2) is 0 Å². The molecule has 0 saturated carbocycles. The Morgan fingerprint density at radius 2 is 2.29 bits per heavy atom. The van der Waals surface area contributed by atoms with Crippen LogP contribution in [0.3, 0.4) is 0 Å². The summed E-state index contributed by atoms with van der Waals surface area (Å²) in [6.45, 7) is 2.02. The minimum Gasteiger partial charge on any atom is -0.384 e. The number of aryl methyl sites for hydroxylation is 1. The highest BCUT2D eigenvalue weighted by atomic mass is 16.3. The Labute approximate surface area is 83.6 Å². The summed E-state index contributed by atoms with van der Waals surface area (Å²) in [5, 5.41) is 10.00. The number of rotatable bonds is 2. The van der Waals surface area contributed by atoms with Gasteiger partial charge in [0.2, 0.25) is 0 Å². The van der Waals surface area contributed by atoms with Crippen molar-refractivity contribution in [3.8, 4) is 0 Å². The first-order chi connectivity index (χ1) is 6.77. The van der Waals surface area contributed by atoms with Crippen LogP contribution in [0, 0.1) is 6.92 Å². The Morgan fingerprint density at radius 3 is 2.93 bits per heavy atom. The number of hydrogen-bond donors (Lipinski definition) is 1. The minimum atomic E-state index is -0.502. The molecule has 2 nitrogen and oxygen atoms in total. The highest BCUT2D eigenvalue weighted by Gasteiger charge is 2.14. The third kappa shape index (κ3) is 1.75. The molecule has 1 N–H and O–H groups in total. The maximum absolute atomic E-state index is 10.00. The Morgan fingerprint density at radius 1 is 1.43 bits per heavy atom. The zero-order valence-corrected chi connectivity index (χ0v) is 8.14. The third-order valence-corrected chi connectivity index (χ3v) is 2.38. The molecule has 0 radical (unpaired) electrons. The van der Waals surface area contributed by atoms with Crippen LogP contribution in [-0.4, -0.2) is 11.3 Å². The molecule has 0 fully saturated rings. The van der Waals surface area contributed by atoms with Gasteiger partial charge in [0.25, 0.3) is 0 Å². The summed E-state index contributed by atoms with van der Waals surface area (Å²) in [5.74, 6) is 0. The van der Waals surface area contributed by atoms with E-state index in [0.29, 0.717) is 0 Å². The monoisotopic (exact) mass is 187 g/mol. The second-order valence-corrected chi connectivity index (χ2v) is 3.56. The van der Waals surface area contributed by atoms with Crippen molar-refractivity contribution < 1.29 is 5.11 Å². The number of aliphatic imine (C=N–C) groups is 1. The largest absolute Gasteiger partial charge is 0.384 e. The fraction of sp³-hybridized carbons (Fsp3) is 0.250. The van der Waals surface area contributed by atoms with Crippen molar-refractivity contribution in [2.75, 3.05) is 0 Å². The summed E-state index contributed by atoms with van der Waals surface area (Å²) in [6, 6.07) is 7.93. The second kappa shape index (κ2) is 3.76. The summed E-state index contributed by atoms with van der Waals surface area (Å²) in [6.07, 6.45) is 3.81. The van der Waals surface area contributed by atoms with E-state index in [-0.39, 0.29) is 0 Å². The van der Waals surface area contributed by atoms with Gasteiger partial charge in [-0.2, -0.15) is 0 Å². The van der Waals surface area contributed by atoms with Crippen molar-refractivity contribution in [3.05, 3.63) is 47.2 Å². The van der Waals surface area contributed by atoms with E-state index in [0.717, 1.165) is 17.6 Å². The maximum atomic E-state index is 10.00. The minimum absolute atomic E-state index is 0.502. The fourth-order valence-corrected chi connectivity index (χ4v) is 1.60. The summed E-state index contributed by atoms with van der Waals surface area (Å²) in [7, 11) is 0. The van der Waals surface area contributed by atoms with E-state index in [9.17, 15) is 5.11 Å². The lowest BCUT2D eigenvalue weighted by Gasteiger charge is -2.11. The van der Waals surface area contributed by atoms with Crippen molar-refractivity contribution in [2.24, 2.45) is 4.99 Å². The molecular formula is C12H13NO. The van der Waals surface area contributed by atoms with Crippen LogP contribution in [0.1, 0.15) is 23.7 Å². The Kier molecular flexibility index (Phi) is 2.46. The van der Waals surface area contributed by atoms with Crippen LogP contribution in [0.2, 0.25) is 0 Å². The fourth-order valence-electron chi connectivity index (χ4n) is 1.60. The average molecular weight is 187 g/mol. The molecule has 1 aliphatic rings. The second-order valence-electron chi connectivity index (χ2n) is 3.56. The van der Waals surface area contributed by atoms with Crippen LogP contribution < -0.4 is 0 Å². The Bertz CT molecular complexity index is 393. The van der Waals surface area contributed by atoms with Crippen molar-refractivity contribution in [1.29, 1.82) is 0 Å². The van der Waals surface area contributed by atoms with E-state index < -0.39 is 6.10 Å². The molecule has 0 bridgehead atoms. The first kappa shape index (κ1) is 9.16. The summed E-state index contributed by atoms with van der Waals surface area (Å²) in [5.41, 5.74) is 3.08. The molecule has 1 heterocycles. The molecule has 1 aromatic carbocycles. The number of hydrogen-bond acceptors (Lipinski definition) is 2. The van der Waals surface area contributed by atoms with Gasteiger partial charge >= 0.3 is 0 Å². The van der Waals surface area contributed by atoms with Gasteiger partial charge in [-0.1, -0.05) is 29.8 Å². The van der Waals surface area contributed by atoms with Crippen molar-refractivity contribution in [2.45, 2.75) is 19.4 Å². The summed E-state index contributed by atoms with van der Waals surface area (Å²) >= 11 is 0. The summed E-state index contributed by atoms with van der Waals surface area (Å²) < 4.78 is 0. The van der Waals surface area contributed by atoms with E-state index in [1.54, 1.807) is 6.20 Å². The van der Waals surface area contributed by atoms with Gasteiger partial charge in [0.05, 0.1) is 0 Å². The van der Waals surface area contributed by atoms with E-state index in [2.05, 4.69) is 4.99 Å². The standard InChI is InChI=1S/C12H13NO/c1-9-3-2-4-10(7-9)12(14)11-5-6-13-8-11/h2-4,6-8,12,14H,5H2,1H3. The lowest BCUT2D eigenvalue weighted by atomic mass is 10.00. The quantitative estimate of drug-likeness (QED) is 0.757. The van der Waals surface area contributed by atoms with Crippen LogP contribution in [0.4, 0.5) is 0 Å². The Hall–Kier alpha value is -1.41.